The van der Waals surface area contributed by atoms with Crippen LogP contribution in [0.4, 0.5) is 10.1 Å². The Morgan fingerprint density at radius 1 is 1.09 bits per heavy atom. The highest BCUT2D eigenvalue weighted by Crippen LogP contribution is 2.26. The zero-order valence-electron chi connectivity index (χ0n) is 19.1. The van der Waals surface area contributed by atoms with Gasteiger partial charge < -0.3 is 10.1 Å². The van der Waals surface area contributed by atoms with Gasteiger partial charge in [0, 0.05) is 5.69 Å². The van der Waals surface area contributed by atoms with E-state index in [1.807, 2.05) is 50.4 Å². The van der Waals surface area contributed by atoms with Crippen molar-refractivity contribution >= 4 is 28.9 Å². The van der Waals surface area contributed by atoms with Crippen LogP contribution in [0.5, 0.6) is 0 Å². The number of hydrogen-bond donors (Lipinski definition) is 1. The van der Waals surface area contributed by atoms with Crippen LogP contribution >= 0.6 is 11.3 Å². The molecular formula is C25H23FN4O3S. The van der Waals surface area contributed by atoms with Crippen LogP contribution in [0.1, 0.15) is 34.2 Å². The third kappa shape index (κ3) is 4.89. The predicted octanol–water partition coefficient (Wildman–Crippen LogP) is 5.24. The van der Waals surface area contributed by atoms with E-state index in [4.69, 9.17) is 4.74 Å². The van der Waals surface area contributed by atoms with Gasteiger partial charge in [-0.3, -0.25) is 4.79 Å². The molecule has 1 N–H and O–H groups in total. The molecule has 0 radical (unpaired) electrons. The second kappa shape index (κ2) is 9.56. The number of carbonyl (C=O) groups is 2. The summed E-state index contributed by atoms with van der Waals surface area (Å²) in [6.07, 6.45) is -1.07. The molecule has 0 spiro atoms. The molecule has 0 aliphatic carbocycles. The molecule has 2 aromatic carbocycles. The average molecular weight is 479 g/mol. The largest absolute Gasteiger partial charge is 0.447 e. The van der Waals surface area contributed by atoms with Gasteiger partial charge in [-0.05, 0) is 74.5 Å². The molecule has 0 saturated heterocycles. The van der Waals surface area contributed by atoms with E-state index in [2.05, 4.69) is 15.4 Å². The van der Waals surface area contributed by atoms with Gasteiger partial charge >= 0.3 is 5.97 Å². The highest BCUT2D eigenvalue weighted by molar-refractivity contribution is 7.13. The lowest BCUT2D eigenvalue weighted by molar-refractivity contribution is -0.123. The maximum absolute atomic E-state index is 13.4. The van der Waals surface area contributed by atoms with Crippen LogP contribution in [0, 0.1) is 26.6 Å². The molecule has 0 aliphatic rings. The Kier molecular flexibility index (Phi) is 6.56. The molecule has 0 saturated carbocycles. The molecule has 1 atom stereocenters. The van der Waals surface area contributed by atoms with Crippen LogP contribution in [0.15, 0.2) is 53.9 Å². The number of anilines is 1. The molecule has 2 aromatic heterocycles. The van der Waals surface area contributed by atoms with Crippen molar-refractivity contribution < 1.29 is 18.7 Å². The fraction of sp³-hybridized carbons (Fsp3) is 0.200. The van der Waals surface area contributed by atoms with Crippen molar-refractivity contribution in [1.29, 1.82) is 0 Å². The molecule has 1 amide bonds. The number of aryl methyl sites for hydroxylation is 3. The van der Waals surface area contributed by atoms with Gasteiger partial charge in [-0.1, -0.05) is 23.8 Å². The lowest BCUT2D eigenvalue weighted by Crippen LogP contribution is -2.30. The molecule has 174 valence electrons. The molecule has 1 unspecified atom stereocenters. The zero-order valence-corrected chi connectivity index (χ0v) is 19.9. The second-order valence-electron chi connectivity index (χ2n) is 7.94. The molecule has 9 heteroatoms. The smallest absolute Gasteiger partial charge is 0.379 e. The van der Waals surface area contributed by atoms with Gasteiger partial charge in [-0.15, -0.1) is 16.4 Å². The number of ether oxygens (including phenoxy) is 1. The van der Waals surface area contributed by atoms with E-state index in [1.165, 1.54) is 35.1 Å². The van der Waals surface area contributed by atoms with Crippen molar-refractivity contribution in [2.45, 2.75) is 33.8 Å². The maximum atomic E-state index is 13.4. The maximum Gasteiger partial charge on any atom is 0.379 e. The summed E-state index contributed by atoms with van der Waals surface area (Å²) >= 11 is 1.42. The summed E-state index contributed by atoms with van der Waals surface area (Å²) in [5.74, 6) is -1.47. The van der Waals surface area contributed by atoms with E-state index in [0.29, 0.717) is 17.2 Å². The molecule has 34 heavy (non-hydrogen) atoms. The van der Waals surface area contributed by atoms with Crippen molar-refractivity contribution in [3.8, 4) is 16.4 Å². The van der Waals surface area contributed by atoms with Crippen LogP contribution in [0.3, 0.4) is 0 Å². The highest BCUT2D eigenvalue weighted by Gasteiger charge is 2.25. The van der Waals surface area contributed by atoms with Gasteiger partial charge in [0.1, 0.15) is 5.82 Å². The Hall–Kier alpha value is -3.85. The Bertz CT molecular complexity index is 1320. The summed E-state index contributed by atoms with van der Waals surface area (Å²) in [6.45, 7) is 7.29. The number of aromatic nitrogens is 3. The Morgan fingerprint density at radius 3 is 2.38 bits per heavy atom. The number of hydrogen-bond acceptors (Lipinski definition) is 6. The first kappa shape index (κ1) is 23.3. The Balaban J connectivity index is 1.55. The predicted molar refractivity (Wildman–Crippen MR) is 129 cm³/mol. The van der Waals surface area contributed by atoms with Crippen LogP contribution in [0.2, 0.25) is 0 Å². The number of thiophene rings is 1. The quantitative estimate of drug-likeness (QED) is 0.383. The summed E-state index contributed by atoms with van der Waals surface area (Å²) in [5, 5.41) is 8.99. The minimum absolute atomic E-state index is 0.199. The lowest BCUT2D eigenvalue weighted by Gasteiger charge is -2.16. The molecule has 0 aliphatic heterocycles. The van der Waals surface area contributed by atoms with Gasteiger partial charge in [0.05, 0.1) is 10.6 Å². The topological polar surface area (TPSA) is 86.1 Å². The number of esters is 1. The minimum Gasteiger partial charge on any atom is -0.447 e. The third-order valence-electron chi connectivity index (χ3n) is 5.18. The average Bonchev–Trinajstić information content (AvgIpc) is 3.46. The molecule has 2 heterocycles. The molecule has 4 aromatic rings. The van der Waals surface area contributed by atoms with E-state index < -0.39 is 18.0 Å². The number of halogens is 1. The van der Waals surface area contributed by atoms with Crippen LogP contribution in [0.25, 0.3) is 16.4 Å². The van der Waals surface area contributed by atoms with Gasteiger partial charge in [0.2, 0.25) is 0 Å². The Labute approximate surface area is 200 Å². The van der Waals surface area contributed by atoms with Crippen molar-refractivity contribution in [1.82, 2.24) is 14.8 Å². The molecule has 4 rings (SSSR count). The summed E-state index contributed by atoms with van der Waals surface area (Å²) in [4.78, 5) is 30.6. The lowest BCUT2D eigenvalue weighted by atomic mass is 10.0. The molecular weight excluding hydrogens is 455 g/mol. The summed E-state index contributed by atoms with van der Waals surface area (Å²) in [7, 11) is 0. The first-order chi connectivity index (χ1) is 16.2. The summed E-state index contributed by atoms with van der Waals surface area (Å²) < 4.78 is 20.2. The number of carbonyl (C=O) groups excluding carboxylic acids is 2. The zero-order chi connectivity index (χ0) is 24.4. The van der Waals surface area contributed by atoms with Crippen molar-refractivity contribution in [3.63, 3.8) is 0 Å². The number of nitrogens with one attached hydrogen (secondary N) is 1. The molecule has 0 bridgehead atoms. The molecule has 7 nitrogen and oxygen atoms in total. The van der Waals surface area contributed by atoms with Crippen molar-refractivity contribution in [3.05, 3.63) is 82.2 Å². The van der Waals surface area contributed by atoms with Crippen molar-refractivity contribution in [2.75, 3.05) is 5.32 Å². The van der Waals surface area contributed by atoms with Crippen molar-refractivity contribution in [2.24, 2.45) is 0 Å². The summed E-state index contributed by atoms with van der Waals surface area (Å²) in [6, 6.07) is 13.3. The van der Waals surface area contributed by atoms with Crippen LogP contribution < -0.4 is 5.32 Å². The van der Waals surface area contributed by atoms with Crippen LogP contribution in [-0.4, -0.2) is 32.7 Å². The van der Waals surface area contributed by atoms with E-state index >= 15 is 0 Å². The highest BCUT2D eigenvalue weighted by atomic mass is 32.1. The van der Waals surface area contributed by atoms with Crippen LogP contribution in [-0.2, 0) is 9.53 Å². The van der Waals surface area contributed by atoms with Gasteiger partial charge in [0.15, 0.2) is 11.9 Å². The number of amides is 1. The number of rotatable bonds is 6. The normalized spacial score (nSPS) is 11.8. The molecule has 0 fully saturated rings. The first-order valence-electron chi connectivity index (χ1n) is 10.6. The van der Waals surface area contributed by atoms with E-state index in [9.17, 15) is 14.0 Å². The minimum atomic E-state index is -1.07. The third-order valence-corrected chi connectivity index (χ3v) is 6.05. The fourth-order valence-corrected chi connectivity index (χ4v) is 4.29. The standard InChI is InChI=1S/C25H23FN4O3S/c1-14-12-15(2)21(16(3)13-14)27-24(31)17(4)33-25(32)22-28-23(20-6-5-11-34-20)30(29-22)19-9-7-18(26)8-10-19/h5-13,17H,1-4H3,(H,27,31). The Morgan fingerprint density at radius 2 is 1.76 bits per heavy atom. The van der Waals surface area contributed by atoms with Gasteiger partial charge in [-0.25, -0.2) is 13.9 Å². The number of benzene rings is 2. The first-order valence-corrected chi connectivity index (χ1v) is 11.5. The SMILES string of the molecule is Cc1cc(C)c(NC(=O)C(C)OC(=O)c2nc(-c3cccs3)n(-c3ccc(F)cc3)n2)c(C)c1. The monoisotopic (exact) mass is 478 g/mol. The van der Waals surface area contributed by atoms with E-state index in [-0.39, 0.29) is 11.6 Å². The van der Waals surface area contributed by atoms with Gasteiger partial charge in [-0.2, -0.15) is 4.98 Å². The second-order valence-corrected chi connectivity index (χ2v) is 8.88. The van der Waals surface area contributed by atoms with E-state index in [0.717, 1.165) is 21.6 Å². The summed E-state index contributed by atoms with van der Waals surface area (Å²) in [5.41, 5.74) is 4.16. The number of nitrogens with zero attached hydrogens (tertiary/aromatic N) is 3. The van der Waals surface area contributed by atoms with Gasteiger partial charge in [0.25, 0.3) is 11.7 Å². The fourth-order valence-electron chi connectivity index (χ4n) is 3.59. The van der Waals surface area contributed by atoms with E-state index in [1.54, 1.807) is 12.1 Å².